The van der Waals surface area contributed by atoms with Gasteiger partial charge in [-0.3, -0.25) is 9.78 Å². The third-order valence-corrected chi connectivity index (χ3v) is 7.06. The molecule has 4 aromatic rings. The number of fused-ring (bicyclic) bond motifs is 1. The van der Waals surface area contributed by atoms with Crippen molar-refractivity contribution in [3.05, 3.63) is 83.5 Å². The van der Waals surface area contributed by atoms with Crippen LogP contribution < -0.4 is 4.90 Å². The molecular formula is C26H24N6O2. The summed E-state index contributed by atoms with van der Waals surface area (Å²) in [6, 6.07) is 17.5. The minimum atomic E-state index is -0.244. The van der Waals surface area contributed by atoms with Crippen molar-refractivity contribution in [2.45, 2.75) is 32.1 Å². The molecule has 8 heteroatoms. The molecule has 1 fully saturated rings. The number of piperidine rings is 1. The number of hydrogen-bond acceptors (Lipinski definition) is 8. The summed E-state index contributed by atoms with van der Waals surface area (Å²) in [7, 11) is 0. The smallest absolute Gasteiger partial charge is 0.268 e. The Hall–Kier alpha value is -3.94. The molecule has 1 spiro atoms. The van der Waals surface area contributed by atoms with Crippen molar-refractivity contribution >= 4 is 11.6 Å². The predicted molar refractivity (Wildman–Crippen MR) is 125 cm³/mol. The molecular weight excluding hydrogens is 428 g/mol. The molecule has 1 aliphatic heterocycles. The van der Waals surface area contributed by atoms with Crippen LogP contribution in [0.5, 0.6) is 0 Å². The molecule has 0 radical (unpaired) electrons. The lowest BCUT2D eigenvalue weighted by molar-refractivity contribution is 0.0701. The third kappa shape index (κ3) is 3.75. The minimum absolute atomic E-state index is 0.244. The molecule has 1 aromatic carbocycles. The van der Waals surface area contributed by atoms with Crippen LogP contribution in [0, 0.1) is 5.41 Å². The molecule has 8 nitrogen and oxygen atoms in total. The lowest BCUT2D eigenvalue weighted by Gasteiger charge is -2.43. The van der Waals surface area contributed by atoms with E-state index < -0.39 is 0 Å². The molecule has 0 N–H and O–H groups in total. The number of carbonyl (C=O) groups excluding carboxylic acids is 1. The first-order chi connectivity index (χ1) is 16.7. The fraction of sp³-hybridized carbons (Fsp3) is 0.308. The predicted octanol–water partition coefficient (Wildman–Crippen LogP) is 3.93. The molecule has 0 atom stereocenters. The third-order valence-electron chi connectivity index (χ3n) is 7.06. The quantitative estimate of drug-likeness (QED) is 0.459. The van der Waals surface area contributed by atoms with E-state index in [-0.39, 0.29) is 5.41 Å². The topological polar surface area (TPSA) is 97.9 Å². The van der Waals surface area contributed by atoms with Crippen LogP contribution in [0.25, 0.3) is 11.6 Å². The van der Waals surface area contributed by atoms with Crippen LogP contribution in [-0.2, 0) is 12.8 Å². The van der Waals surface area contributed by atoms with Gasteiger partial charge in [-0.05, 0) is 55.5 Å². The van der Waals surface area contributed by atoms with Crippen LogP contribution in [0.2, 0.25) is 0 Å². The molecule has 0 bridgehead atoms. The van der Waals surface area contributed by atoms with Crippen LogP contribution in [0.15, 0.2) is 65.2 Å². The number of carbonyl (C=O) groups is 1. The SMILES string of the molecule is O=C1c2ccccc2CCC12CCN(c1ccc(-c3nnc(Cc4ccccn4)o3)nn1)CC2. The summed E-state index contributed by atoms with van der Waals surface area (Å²) in [5, 5.41) is 16.9. The van der Waals surface area contributed by atoms with Gasteiger partial charge in [-0.2, -0.15) is 0 Å². The number of nitrogens with zero attached hydrogens (tertiary/aromatic N) is 6. The number of benzene rings is 1. The van der Waals surface area contributed by atoms with Crippen LogP contribution in [0.3, 0.4) is 0 Å². The largest absolute Gasteiger partial charge is 0.419 e. The number of ketones is 1. The number of aromatic nitrogens is 5. The zero-order valence-corrected chi connectivity index (χ0v) is 18.7. The van der Waals surface area contributed by atoms with Gasteiger partial charge in [0, 0.05) is 36.0 Å². The summed E-state index contributed by atoms with van der Waals surface area (Å²) in [6.07, 6.45) is 5.79. The van der Waals surface area contributed by atoms with Gasteiger partial charge in [-0.1, -0.05) is 30.3 Å². The number of anilines is 1. The van der Waals surface area contributed by atoms with Crippen LogP contribution in [0.4, 0.5) is 5.82 Å². The molecule has 0 unspecified atom stereocenters. The second-order valence-corrected chi connectivity index (χ2v) is 9.03. The Morgan fingerprint density at radius 3 is 2.53 bits per heavy atom. The highest BCUT2D eigenvalue weighted by Gasteiger charge is 2.44. The van der Waals surface area contributed by atoms with E-state index in [9.17, 15) is 4.79 Å². The number of Topliss-reactive ketones (excluding diaryl/α,β-unsaturated/α-hetero) is 1. The normalized spacial score (nSPS) is 17.1. The van der Waals surface area contributed by atoms with Gasteiger partial charge in [0.2, 0.25) is 5.89 Å². The Morgan fingerprint density at radius 2 is 1.74 bits per heavy atom. The summed E-state index contributed by atoms with van der Waals surface area (Å²) in [4.78, 5) is 19.8. The lowest BCUT2D eigenvalue weighted by Crippen LogP contribution is -2.46. The maximum Gasteiger partial charge on any atom is 0.268 e. The van der Waals surface area contributed by atoms with Gasteiger partial charge in [0.15, 0.2) is 11.6 Å². The molecule has 0 amide bonds. The van der Waals surface area contributed by atoms with Crippen molar-refractivity contribution in [2.24, 2.45) is 5.41 Å². The van der Waals surface area contributed by atoms with Crippen molar-refractivity contribution < 1.29 is 9.21 Å². The zero-order chi connectivity index (χ0) is 23.0. The highest BCUT2D eigenvalue weighted by atomic mass is 16.4. The van der Waals surface area contributed by atoms with Crippen molar-refractivity contribution in [2.75, 3.05) is 18.0 Å². The number of pyridine rings is 1. The van der Waals surface area contributed by atoms with E-state index in [1.54, 1.807) is 6.20 Å². The Labute approximate surface area is 197 Å². The Balaban J connectivity index is 1.12. The van der Waals surface area contributed by atoms with Crippen molar-refractivity contribution in [1.29, 1.82) is 0 Å². The second kappa shape index (κ2) is 8.44. The molecule has 2 aliphatic rings. The monoisotopic (exact) mass is 452 g/mol. The van der Waals surface area contributed by atoms with Crippen LogP contribution in [-0.4, -0.2) is 44.3 Å². The molecule has 0 saturated carbocycles. The average Bonchev–Trinajstić information content (AvgIpc) is 3.36. The first-order valence-electron chi connectivity index (χ1n) is 11.6. The van der Waals surface area contributed by atoms with Crippen molar-refractivity contribution in [3.63, 3.8) is 0 Å². The fourth-order valence-corrected chi connectivity index (χ4v) is 5.07. The maximum absolute atomic E-state index is 13.3. The zero-order valence-electron chi connectivity index (χ0n) is 18.7. The number of aryl methyl sites for hydroxylation is 1. The standard InChI is InChI=1S/C26H24N6O2/c33-24-20-7-2-1-5-18(20)10-11-26(24)12-15-32(16-13-26)22-9-8-21(28-29-22)25-31-30-23(34-25)17-19-6-3-4-14-27-19/h1-9,14H,10-13,15-17H2. The first kappa shape index (κ1) is 20.7. The molecule has 1 aliphatic carbocycles. The maximum atomic E-state index is 13.3. The summed E-state index contributed by atoms with van der Waals surface area (Å²) >= 11 is 0. The molecule has 3 aromatic heterocycles. The summed E-state index contributed by atoms with van der Waals surface area (Å²) in [5.74, 6) is 1.94. The number of rotatable bonds is 4. The van der Waals surface area contributed by atoms with Crippen molar-refractivity contribution in [3.8, 4) is 11.6 Å². The van der Waals surface area contributed by atoms with Gasteiger partial charge in [0.25, 0.3) is 5.89 Å². The highest BCUT2D eigenvalue weighted by Crippen LogP contribution is 2.43. The van der Waals surface area contributed by atoms with E-state index >= 15 is 0 Å². The minimum Gasteiger partial charge on any atom is -0.419 e. The Kier molecular flexibility index (Phi) is 5.13. The molecule has 1 saturated heterocycles. The van der Waals surface area contributed by atoms with E-state index in [0.29, 0.717) is 29.7 Å². The van der Waals surface area contributed by atoms with E-state index in [1.807, 2.05) is 48.5 Å². The van der Waals surface area contributed by atoms with Gasteiger partial charge >= 0.3 is 0 Å². The molecule has 4 heterocycles. The summed E-state index contributed by atoms with van der Waals surface area (Å²) in [6.45, 7) is 1.58. The summed E-state index contributed by atoms with van der Waals surface area (Å²) in [5.41, 5.74) is 3.25. The molecule has 6 rings (SSSR count). The van der Waals surface area contributed by atoms with E-state index in [4.69, 9.17) is 4.42 Å². The first-order valence-corrected chi connectivity index (χ1v) is 11.6. The van der Waals surface area contributed by atoms with Crippen LogP contribution >= 0.6 is 0 Å². The second-order valence-electron chi connectivity index (χ2n) is 9.03. The average molecular weight is 453 g/mol. The van der Waals surface area contributed by atoms with Crippen LogP contribution in [0.1, 0.15) is 46.8 Å². The van der Waals surface area contributed by atoms with E-state index in [0.717, 1.165) is 55.8 Å². The fourth-order valence-electron chi connectivity index (χ4n) is 5.07. The molecule has 170 valence electrons. The molecule has 34 heavy (non-hydrogen) atoms. The van der Waals surface area contributed by atoms with Gasteiger partial charge in [-0.15, -0.1) is 20.4 Å². The van der Waals surface area contributed by atoms with Gasteiger partial charge < -0.3 is 9.32 Å². The van der Waals surface area contributed by atoms with Gasteiger partial charge in [-0.25, -0.2) is 0 Å². The van der Waals surface area contributed by atoms with E-state index in [2.05, 4.69) is 36.3 Å². The number of hydrogen-bond donors (Lipinski definition) is 0. The van der Waals surface area contributed by atoms with Crippen molar-refractivity contribution in [1.82, 2.24) is 25.4 Å². The lowest BCUT2D eigenvalue weighted by atomic mass is 9.65. The van der Waals surface area contributed by atoms with Gasteiger partial charge in [0.1, 0.15) is 5.69 Å². The highest BCUT2D eigenvalue weighted by molar-refractivity contribution is 6.03. The Bertz CT molecular complexity index is 1310. The van der Waals surface area contributed by atoms with Gasteiger partial charge in [0.05, 0.1) is 6.42 Å². The van der Waals surface area contributed by atoms with E-state index in [1.165, 1.54) is 5.56 Å². The summed E-state index contributed by atoms with van der Waals surface area (Å²) < 4.78 is 5.76. The Morgan fingerprint density at radius 1 is 0.882 bits per heavy atom.